The summed E-state index contributed by atoms with van der Waals surface area (Å²) in [5, 5.41) is 12.6. The maximum Gasteiger partial charge on any atom is 0.260 e. The van der Waals surface area contributed by atoms with Crippen LogP contribution >= 0.6 is 0 Å². The van der Waals surface area contributed by atoms with Gasteiger partial charge in [-0.05, 0) is 49.4 Å². The highest BCUT2D eigenvalue weighted by atomic mass is 16.5. The van der Waals surface area contributed by atoms with Gasteiger partial charge in [0.25, 0.3) is 5.91 Å². The largest absolute Gasteiger partial charge is 0.481 e. The molecule has 2 N–H and O–H groups in total. The average Bonchev–Trinajstić information content (AvgIpc) is 2.84. The Morgan fingerprint density at radius 2 is 2.33 bits per heavy atom. The summed E-state index contributed by atoms with van der Waals surface area (Å²) in [6, 6.07) is 5.61. The Morgan fingerprint density at radius 3 is 3.10 bits per heavy atom. The van der Waals surface area contributed by atoms with Gasteiger partial charge in [-0.15, -0.1) is 0 Å². The summed E-state index contributed by atoms with van der Waals surface area (Å²) < 4.78 is 10.6. The van der Waals surface area contributed by atoms with Crippen molar-refractivity contribution in [2.45, 2.75) is 38.4 Å². The Hall–Kier alpha value is -1.59. The van der Waals surface area contributed by atoms with E-state index in [0.29, 0.717) is 18.9 Å². The first-order valence-electron chi connectivity index (χ1n) is 7.36. The molecule has 0 bridgehead atoms. The maximum absolute atomic E-state index is 11.9. The van der Waals surface area contributed by atoms with E-state index in [9.17, 15) is 9.90 Å². The molecule has 0 radical (unpaired) electrons. The fraction of sp³-hybridized carbons (Fsp3) is 0.562. The van der Waals surface area contributed by atoms with Gasteiger partial charge in [0, 0.05) is 20.3 Å². The second-order valence-corrected chi connectivity index (χ2v) is 5.31. The number of ether oxygens (including phenoxy) is 2. The van der Waals surface area contributed by atoms with E-state index in [4.69, 9.17) is 9.47 Å². The summed E-state index contributed by atoms with van der Waals surface area (Å²) in [6.07, 6.45) is 1.48. The van der Waals surface area contributed by atoms with Gasteiger partial charge < -0.3 is 19.9 Å². The van der Waals surface area contributed by atoms with Crippen LogP contribution < -0.4 is 10.1 Å². The maximum atomic E-state index is 11.9. The van der Waals surface area contributed by atoms with Crippen LogP contribution in [-0.2, 0) is 16.0 Å². The van der Waals surface area contributed by atoms with Gasteiger partial charge in [-0.3, -0.25) is 4.79 Å². The Labute approximate surface area is 125 Å². The van der Waals surface area contributed by atoms with Crippen LogP contribution in [0.1, 0.15) is 37.0 Å². The number of amides is 1. The van der Waals surface area contributed by atoms with E-state index < -0.39 is 6.10 Å². The van der Waals surface area contributed by atoms with Crippen molar-refractivity contribution in [2.24, 2.45) is 0 Å². The number of methoxy groups -OCH3 is 1. The molecule has 1 aromatic carbocycles. The third-order valence-corrected chi connectivity index (χ3v) is 3.67. The van der Waals surface area contributed by atoms with Crippen molar-refractivity contribution in [3.05, 3.63) is 29.3 Å². The molecule has 5 nitrogen and oxygen atoms in total. The molecule has 0 heterocycles. The van der Waals surface area contributed by atoms with Crippen molar-refractivity contribution in [1.82, 2.24) is 5.32 Å². The molecule has 2 rings (SSSR count). The van der Waals surface area contributed by atoms with Crippen LogP contribution in [0.2, 0.25) is 0 Å². The number of benzene rings is 1. The highest BCUT2D eigenvalue weighted by Gasteiger charge is 2.21. The van der Waals surface area contributed by atoms with E-state index in [1.807, 2.05) is 18.2 Å². The lowest BCUT2D eigenvalue weighted by Gasteiger charge is -2.15. The molecule has 1 amide bonds. The minimum Gasteiger partial charge on any atom is -0.481 e. The monoisotopic (exact) mass is 293 g/mol. The Balaban J connectivity index is 1.85. The number of carbonyl (C=O) groups is 1. The minimum atomic E-state index is -0.545. The predicted molar refractivity (Wildman–Crippen MR) is 79.3 cm³/mol. The predicted octanol–water partition coefficient (Wildman–Crippen LogP) is 1.59. The zero-order chi connectivity index (χ0) is 15.2. The van der Waals surface area contributed by atoms with Crippen LogP contribution in [0.5, 0.6) is 5.75 Å². The summed E-state index contributed by atoms with van der Waals surface area (Å²) in [6.45, 7) is 2.94. The average molecular weight is 293 g/mol. The van der Waals surface area contributed by atoms with E-state index >= 15 is 0 Å². The molecule has 2 atom stereocenters. The van der Waals surface area contributed by atoms with Gasteiger partial charge in [0.2, 0.25) is 0 Å². The van der Waals surface area contributed by atoms with E-state index in [2.05, 4.69) is 5.32 Å². The number of carbonyl (C=O) groups excluding carboxylic acids is 1. The first-order chi connectivity index (χ1) is 10.1. The lowest BCUT2D eigenvalue weighted by molar-refractivity contribution is -0.127. The van der Waals surface area contributed by atoms with Crippen molar-refractivity contribution in [1.29, 1.82) is 0 Å². The smallest absolute Gasteiger partial charge is 0.260 e. The molecule has 0 saturated carbocycles. The fourth-order valence-electron chi connectivity index (χ4n) is 2.47. The molecular weight excluding hydrogens is 270 g/mol. The van der Waals surface area contributed by atoms with Gasteiger partial charge in [-0.25, -0.2) is 0 Å². The van der Waals surface area contributed by atoms with Gasteiger partial charge in [0.15, 0.2) is 6.10 Å². The van der Waals surface area contributed by atoms with Crippen molar-refractivity contribution < 1.29 is 19.4 Å². The summed E-state index contributed by atoms with van der Waals surface area (Å²) >= 11 is 0. The Morgan fingerprint density at radius 1 is 1.52 bits per heavy atom. The number of aliphatic hydroxyl groups excluding tert-OH is 1. The molecular formula is C16H23NO4. The van der Waals surface area contributed by atoms with Gasteiger partial charge >= 0.3 is 0 Å². The summed E-state index contributed by atoms with van der Waals surface area (Å²) in [7, 11) is 1.64. The van der Waals surface area contributed by atoms with Crippen LogP contribution in [0.15, 0.2) is 18.2 Å². The summed E-state index contributed by atoms with van der Waals surface area (Å²) in [5.74, 6) is 0.536. The normalized spacial score (nSPS) is 18.1. The van der Waals surface area contributed by atoms with Gasteiger partial charge in [-0.1, -0.05) is 6.07 Å². The molecule has 5 heteroatoms. The summed E-state index contributed by atoms with van der Waals surface area (Å²) in [4.78, 5) is 11.9. The van der Waals surface area contributed by atoms with Crippen LogP contribution in [0.3, 0.4) is 0 Å². The molecule has 1 unspecified atom stereocenters. The van der Waals surface area contributed by atoms with Crippen LogP contribution in [0.4, 0.5) is 0 Å². The van der Waals surface area contributed by atoms with E-state index in [1.165, 1.54) is 0 Å². The molecule has 1 aliphatic rings. The van der Waals surface area contributed by atoms with Gasteiger partial charge in [0.05, 0.1) is 6.10 Å². The number of hydrogen-bond donors (Lipinski definition) is 2. The Bertz CT molecular complexity index is 489. The van der Waals surface area contributed by atoms with Crippen LogP contribution in [-0.4, -0.2) is 37.4 Å². The van der Waals surface area contributed by atoms with Gasteiger partial charge in [-0.2, -0.15) is 0 Å². The highest BCUT2D eigenvalue weighted by Crippen LogP contribution is 2.33. The molecule has 1 aromatic rings. The van der Waals surface area contributed by atoms with Crippen LogP contribution in [0.25, 0.3) is 0 Å². The molecule has 116 valence electrons. The quantitative estimate of drug-likeness (QED) is 0.749. The zero-order valence-corrected chi connectivity index (χ0v) is 12.6. The number of rotatable bonds is 7. The first-order valence-corrected chi connectivity index (χ1v) is 7.36. The highest BCUT2D eigenvalue weighted by molar-refractivity contribution is 5.80. The molecule has 0 aromatic heterocycles. The van der Waals surface area contributed by atoms with Crippen molar-refractivity contribution in [2.75, 3.05) is 20.3 Å². The molecule has 0 aliphatic heterocycles. The topological polar surface area (TPSA) is 67.8 Å². The molecule has 0 spiro atoms. The number of nitrogens with one attached hydrogen (secondary N) is 1. The van der Waals surface area contributed by atoms with Crippen molar-refractivity contribution >= 4 is 5.91 Å². The van der Waals surface area contributed by atoms with Crippen molar-refractivity contribution in [3.63, 3.8) is 0 Å². The molecule has 0 fully saturated rings. The van der Waals surface area contributed by atoms with E-state index in [-0.39, 0.29) is 12.0 Å². The molecule has 0 saturated heterocycles. The van der Waals surface area contributed by atoms with Crippen LogP contribution in [0, 0.1) is 0 Å². The van der Waals surface area contributed by atoms with Gasteiger partial charge in [0.1, 0.15) is 5.75 Å². The second kappa shape index (κ2) is 7.43. The number of fused-ring (bicyclic) bond motifs is 1. The number of hydrogen-bond acceptors (Lipinski definition) is 4. The lowest BCUT2D eigenvalue weighted by atomic mass is 10.1. The standard InChI is InChI=1S/C16H23NO4/c1-11(16(19)17-8-3-9-20-2)21-13-5-6-14-12(10-13)4-7-15(14)18/h5-6,10-11,15,18H,3-4,7-9H2,1-2H3,(H,17,19)/t11?,15-/m0/s1. The second-order valence-electron chi connectivity index (χ2n) is 5.31. The van der Waals surface area contributed by atoms with Crippen molar-refractivity contribution in [3.8, 4) is 5.75 Å². The van der Waals surface area contributed by atoms with E-state index in [0.717, 1.165) is 30.4 Å². The zero-order valence-electron chi connectivity index (χ0n) is 12.6. The Kier molecular flexibility index (Phi) is 5.59. The lowest BCUT2D eigenvalue weighted by Crippen LogP contribution is -2.37. The minimum absolute atomic E-state index is 0.133. The summed E-state index contributed by atoms with van der Waals surface area (Å²) in [5.41, 5.74) is 2.08. The molecule has 21 heavy (non-hydrogen) atoms. The third kappa shape index (κ3) is 4.19. The van der Waals surface area contributed by atoms with E-state index in [1.54, 1.807) is 14.0 Å². The number of aryl methyl sites for hydroxylation is 1. The SMILES string of the molecule is COCCCNC(=O)C(C)Oc1ccc2c(c1)CC[C@@H]2O. The molecule has 1 aliphatic carbocycles. The number of aliphatic hydroxyl groups is 1. The fourth-order valence-corrected chi connectivity index (χ4v) is 2.47. The third-order valence-electron chi connectivity index (χ3n) is 3.67. The first kappa shape index (κ1) is 15.8.